The van der Waals surface area contributed by atoms with Crippen LogP contribution >= 0.6 is 22.9 Å². The number of carbonyl (C=O) groups is 1. The lowest BCUT2D eigenvalue weighted by molar-refractivity contribution is 0.0703. The van der Waals surface area contributed by atoms with Crippen LogP contribution in [0.4, 0.5) is 13.2 Å². The second kappa shape index (κ2) is 5.30. The SMILES string of the molecule is O=C(O)c1sc2cc(F)ccc2c1-c1c(F)cc(F)cc1Cl. The Labute approximate surface area is 131 Å². The number of thiophene rings is 1. The molecular weight excluding hydrogens is 337 g/mol. The Kier molecular flexibility index (Phi) is 3.58. The fourth-order valence-corrected chi connectivity index (χ4v) is 3.61. The van der Waals surface area contributed by atoms with Gasteiger partial charge in [0.15, 0.2) is 0 Å². The van der Waals surface area contributed by atoms with Crippen LogP contribution in [0.3, 0.4) is 0 Å². The molecule has 0 aliphatic rings. The highest BCUT2D eigenvalue weighted by molar-refractivity contribution is 7.21. The minimum atomic E-state index is -1.30. The summed E-state index contributed by atoms with van der Waals surface area (Å²) >= 11 is 6.70. The largest absolute Gasteiger partial charge is 0.477 e. The number of halogens is 4. The molecule has 0 fully saturated rings. The molecule has 112 valence electrons. The lowest BCUT2D eigenvalue weighted by Crippen LogP contribution is -1.97. The van der Waals surface area contributed by atoms with E-state index in [1.54, 1.807) is 0 Å². The smallest absolute Gasteiger partial charge is 0.346 e. The summed E-state index contributed by atoms with van der Waals surface area (Å²) in [6, 6.07) is 5.17. The number of rotatable bonds is 2. The molecule has 0 spiro atoms. The van der Waals surface area contributed by atoms with Crippen molar-refractivity contribution in [2.45, 2.75) is 0 Å². The van der Waals surface area contributed by atoms with Crippen molar-refractivity contribution in [1.82, 2.24) is 0 Å². The summed E-state index contributed by atoms with van der Waals surface area (Å²) < 4.78 is 41.0. The Balaban J connectivity index is 2.44. The first-order chi connectivity index (χ1) is 10.4. The summed E-state index contributed by atoms with van der Waals surface area (Å²) in [5, 5.41) is 9.41. The van der Waals surface area contributed by atoms with Crippen LogP contribution in [0.25, 0.3) is 21.2 Å². The van der Waals surface area contributed by atoms with Gasteiger partial charge in [0.1, 0.15) is 22.3 Å². The van der Waals surface area contributed by atoms with Crippen LogP contribution in [0, 0.1) is 17.5 Å². The summed E-state index contributed by atoms with van der Waals surface area (Å²) in [4.78, 5) is 11.2. The predicted molar refractivity (Wildman–Crippen MR) is 79.1 cm³/mol. The molecule has 0 aliphatic carbocycles. The van der Waals surface area contributed by atoms with Gasteiger partial charge in [-0.25, -0.2) is 18.0 Å². The molecule has 0 radical (unpaired) electrons. The van der Waals surface area contributed by atoms with Gasteiger partial charge in [-0.15, -0.1) is 11.3 Å². The number of hydrogen-bond acceptors (Lipinski definition) is 2. The van der Waals surface area contributed by atoms with E-state index in [1.165, 1.54) is 6.07 Å². The maximum absolute atomic E-state index is 14.1. The number of carboxylic acid groups (broad SMARTS) is 1. The molecule has 0 atom stereocenters. The average Bonchev–Trinajstić information content (AvgIpc) is 2.76. The van der Waals surface area contributed by atoms with Gasteiger partial charge in [-0.1, -0.05) is 11.6 Å². The van der Waals surface area contributed by atoms with Crippen molar-refractivity contribution in [3.05, 3.63) is 57.7 Å². The maximum atomic E-state index is 14.1. The molecular formula is C15H6ClF3O2S. The monoisotopic (exact) mass is 342 g/mol. The summed E-state index contributed by atoms with van der Waals surface area (Å²) in [6.07, 6.45) is 0. The van der Waals surface area contributed by atoms with Gasteiger partial charge < -0.3 is 5.11 Å². The summed E-state index contributed by atoms with van der Waals surface area (Å²) in [5.74, 6) is -3.68. The van der Waals surface area contributed by atoms with Crippen LogP contribution in [0.2, 0.25) is 5.02 Å². The van der Waals surface area contributed by atoms with E-state index in [9.17, 15) is 23.1 Å². The van der Waals surface area contributed by atoms with Crippen LogP contribution in [0.1, 0.15) is 9.67 Å². The van der Waals surface area contributed by atoms with Crippen molar-refractivity contribution < 1.29 is 23.1 Å². The number of aromatic carboxylic acids is 1. The minimum absolute atomic E-state index is 0.0231. The first-order valence-electron chi connectivity index (χ1n) is 5.98. The van der Waals surface area contributed by atoms with E-state index in [0.29, 0.717) is 16.2 Å². The van der Waals surface area contributed by atoms with Crippen molar-refractivity contribution in [2.24, 2.45) is 0 Å². The third-order valence-corrected chi connectivity index (χ3v) is 4.54. The van der Waals surface area contributed by atoms with Gasteiger partial charge in [0, 0.05) is 27.3 Å². The minimum Gasteiger partial charge on any atom is -0.477 e. The van der Waals surface area contributed by atoms with Gasteiger partial charge in [0.25, 0.3) is 0 Å². The molecule has 0 aliphatic heterocycles. The van der Waals surface area contributed by atoms with Gasteiger partial charge in [-0.3, -0.25) is 0 Å². The highest BCUT2D eigenvalue weighted by Gasteiger charge is 2.24. The molecule has 1 heterocycles. The summed E-state index contributed by atoms with van der Waals surface area (Å²) in [7, 11) is 0. The van der Waals surface area contributed by atoms with E-state index in [1.807, 2.05) is 0 Å². The lowest BCUT2D eigenvalue weighted by Gasteiger charge is -2.07. The molecule has 3 rings (SSSR count). The van der Waals surface area contributed by atoms with Crippen molar-refractivity contribution in [3.63, 3.8) is 0 Å². The van der Waals surface area contributed by atoms with Crippen molar-refractivity contribution in [2.75, 3.05) is 0 Å². The molecule has 1 aromatic heterocycles. The first-order valence-corrected chi connectivity index (χ1v) is 7.18. The molecule has 3 aromatic rings. The molecule has 2 aromatic carbocycles. The molecule has 0 amide bonds. The van der Waals surface area contributed by atoms with Crippen LogP contribution in [0.15, 0.2) is 30.3 Å². The molecule has 7 heteroatoms. The topological polar surface area (TPSA) is 37.3 Å². The Morgan fingerprint density at radius 2 is 1.77 bits per heavy atom. The van der Waals surface area contributed by atoms with Crippen LogP contribution < -0.4 is 0 Å². The van der Waals surface area contributed by atoms with E-state index in [-0.39, 0.29) is 21.0 Å². The third-order valence-electron chi connectivity index (χ3n) is 3.10. The number of fused-ring (bicyclic) bond motifs is 1. The lowest BCUT2D eigenvalue weighted by atomic mass is 10.0. The van der Waals surface area contributed by atoms with E-state index in [4.69, 9.17) is 11.6 Å². The molecule has 22 heavy (non-hydrogen) atoms. The van der Waals surface area contributed by atoms with Gasteiger partial charge in [0.2, 0.25) is 0 Å². The van der Waals surface area contributed by atoms with E-state index < -0.39 is 23.4 Å². The summed E-state index contributed by atoms with van der Waals surface area (Å²) in [5.41, 5.74) is -0.187. The maximum Gasteiger partial charge on any atom is 0.346 e. The molecule has 2 nitrogen and oxygen atoms in total. The Morgan fingerprint density at radius 3 is 2.41 bits per heavy atom. The molecule has 0 unspecified atom stereocenters. The quantitative estimate of drug-likeness (QED) is 0.682. The van der Waals surface area contributed by atoms with Crippen LogP contribution in [-0.4, -0.2) is 11.1 Å². The highest BCUT2D eigenvalue weighted by Crippen LogP contribution is 2.43. The first kappa shape index (κ1) is 14.9. The van der Waals surface area contributed by atoms with Crippen molar-refractivity contribution >= 4 is 39.0 Å². The predicted octanol–water partition coefficient (Wildman–Crippen LogP) is 5.34. The molecule has 0 saturated heterocycles. The molecule has 0 bridgehead atoms. The third kappa shape index (κ3) is 2.34. The zero-order valence-electron chi connectivity index (χ0n) is 10.7. The Hall–Kier alpha value is -2.05. The van der Waals surface area contributed by atoms with Gasteiger partial charge in [-0.05, 0) is 24.3 Å². The van der Waals surface area contributed by atoms with E-state index in [2.05, 4.69) is 0 Å². The van der Waals surface area contributed by atoms with Gasteiger partial charge in [-0.2, -0.15) is 0 Å². The van der Waals surface area contributed by atoms with E-state index in [0.717, 1.165) is 29.5 Å². The molecule has 1 N–H and O–H groups in total. The number of carboxylic acids is 1. The van der Waals surface area contributed by atoms with E-state index >= 15 is 0 Å². The summed E-state index contributed by atoms with van der Waals surface area (Å²) in [6.45, 7) is 0. The second-order valence-electron chi connectivity index (χ2n) is 4.50. The second-order valence-corrected chi connectivity index (χ2v) is 5.96. The average molecular weight is 343 g/mol. The van der Waals surface area contributed by atoms with Crippen molar-refractivity contribution in [1.29, 1.82) is 0 Å². The standard InChI is InChI=1S/C15H6ClF3O2S/c16-9-3-7(18)4-10(19)13(9)12-8-2-1-6(17)5-11(8)22-14(12)15(20)21/h1-5H,(H,20,21). The van der Waals surface area contributed by atoms with Crippen LogP contribution in [0.5, 0.6) is 0 Å². The fraction of sp³-hybridized carbons (Fsp3) is 0. The zero-order valence-corrected chi connectivity index (χ0v) is 12.2. The number of hydrogen-bond donors (Lipinski definition) is 1. The van der Waals surface area contributed by atoms with Crippen LogP contribution in [-0.2, 0) is 0 Å². The number of benzene rings is 2. The zero-order chi connectivity index (χ0) is 16.0. The Bertz CT molecular complexity index is 898. The molecule has 0 saturated carbocycles. The fourth-order valence-electron chi connectivity index (χ4n) is 2.25. The van der Waals surface area contributed by atoms with Gasteiger partial charge in [0.05, 0.1) is 5.02 Å². The van der Waals surface area contributed by atoms with Crippen molar-refractivity contribution in [3.8, 4) is 11.1 Å². The Morgan fingerprint density at radius 1 is 1.05 bits per heavy atom. The van der Waals surface area contributed by atoms with Gasteiger partial charge >= 0.3 is 5.97 Å². The normalized spacial score (nSPS) is 11.1. The highest BCUT2D eigenvalue weighted by atomic mass is 35.5.